The van der Waals surface area contributed by atoms with Gasteiger partial charge in [0.05, 0.1) is 6.54 Å². The van der Waals surface area contributed by atoms with Gasteiger partial charge in [-0.3, -0.25) is 9.59 Å². The Bertz CT molecular complexity index is 306. The van der Waals surface area contributed by atoms with Crippen LogP contribution in [0.4, 0.5) is 0 Å². The number of carbonyl (C=O) groups is 2. The molecule has 1 saturated heterocycles. The van der Waals surface area contributed by atoms with Gasteiger partial charge >= 0.3 is 5.97 Å². The van der Waals surface area contributed by atoms with E-state index < -0.39 is 5.60 Å². The molecule has 1 aliphatic rings. The fourth-order valence-electron chi connectivity index (χ4n) is 1.93. The van der Waals surface area contributed by atoms with Crippen molar-refractivity contribution < 1.29 is 14.3 Å². The van der Waals surface area contributed by atoms with Crippen LogP contribution in [-0.2, 0) is 14.3 Å². The largest absolute Gasteiger partial charge is 0.446 e. The average molecular weight is 241 g/mol. The molecule has 4 nitrogen and oxygen atoms in total. The van der Waals surface area contributed by atoms with Crippen molar-refractivity contribution in [2.45, 2.75) is 59.0 Å². The van der Waals surface area contributed by atoms with Gasteiger partial charge < -0.3 is 10.1 Å². The number of hydrogen-bond donors (Lipinski definition) is 1. The number of rotatable bonds is 5. The number of hydrogen-bond acceptors (Lipinski definition) is 3. The molecule has 0 aromatic carbocycles. The molecule has 0 aliphatic carbocycles. The zero-order chi connectivity index (χ0) is 13.1. The third-order valence-corrected chi connectivity index (χ3v) is 3.35. The number of amides is 1. The summed E-state index contributed by atoms with van der Waals surface area (Å²) in [6.07, 6.45) is 3.32. The van der Waals surface area contributed by atoms with Crippen LogP contribution in [0.15, 0.2) is 0 Å². The van der Waals surface area contributed by atoms with Crippen molar-refractivity contribution in [3.05, 3.63) is 0 Å². The quantitative estimate of drug-likeness (QED) is 0.455. The lowest BCUT2D eigenvalue weighted by Gasteiger charge is -2.48. The third-order valence-electron chi connectivity index (χ3n) is 3.35. The van der Waals surface area contributed by atoms with Crippen LogP contribution in [0, 0.1) is 5.41 Å². The minimum atomic E-state index is -0.962. The number of ether oxygens (including phenoxy) is 1. The van der Waals surface area contributed by atoms with Crippen molar-refractivity contribution in [2.75, 3.05) is 6.54 Å². The summed E-state index contributed by atoms with van der Waals surface area (Å²) in [4.78, 5) is 23.4. The Balaban J connectivity index is 2.57. The molecule has 0 aromatic heterocycles. The maximum atomic E-state index is 11.7. The summed E-state index contributed by atoms with van der Waals surface area (Å²) in [7, 11) is 0. The second kappa shape index (κ2) is 5.07. The fourth-order valence-corrected chi connectivity index (χ4v) is 1.93. The average Bonchev–Trinajstić information content (AvgIpc) is 2.22. The number of β-lactam (4-membered cyclic amide) rings is 1. The van der Waals surface area contributed by atoms with E-state index in [0.29, 0.717) is 13.0 Å². The van der Waals surface area contributed by atoms with E-state index in [9.17, 15) is 9.59 Å². The summed E-state index contributed by atoms with van der Waals surface area (Å²) in [5.41, 5.74) is -1.33. The van der Waals surface area contributed by atoms with Crippen LogP contribution in [0.2, 0.25) is 0 Å². The minimum Gasteiger partial charge on any atom is -0.446 e. The molecular formula is C13H23NO3. The smallest absolute Gasteiger partial charge is 0.306 e. The van der Waals surface area contributed by atoms with Gasteiger partial charge in [0.2, 0.25) is 5.60 Å². The van der Waals surface area contributed by atoms with Crippen molar-refractivity contribution in [2.24, 2.45) is 5.41 Å². The van der Waals surface area contributed by atoms with Gasteiger partial charge in [-0.2, -0.15) is 0 Å². The SMILES string of the molecule is CCCCCC(=O)OC1(C(C)(C)C)CNC1=O. The highest BCUT2D eigenvalue weighted by molar-refractivity contribution is 5.94. The zero-order valence-electron chi connectivity index (χ0n) is 11.3. The van der Waals surface area contributed by atoms with E-state index in [4.69, 9.17) is 4.74 Å². The maximum Gasteiger partial charge on any atom is 0.306 e. The molecule has 0 spiro atoms. The number of esters is 1. The van der Waals surface area contributed by atoms with Crippen LogP contribution in [0.3, 0.4) is 0 Å². The molecule has 98 valence electrons. The van der Waals surface area contributed by atoms with Crippen LogP contribution in [-0.4, -0.2) is 24.0 Å². The zero-order valence-corrected chi connectivity index (χ0v) is 11.3. The summed E-state index contributed by atoms with van der Waals surface area (Å²) in [5, 5.41) is 2.66. The normalized spacial score (nSPS) is 23.9. The molecule has 0 aromatic rings. The number of nitrogens with one attached hydrogen (secondary N) is 1. The molecule has 4 heteroatoms. The molecule has 0 bridgehead atoms. The van der Waals surface area contributed by atoms with Crippen LogP contribution in [0.1, 0.15) is 53.4 Å². The Morgan fingerprint density at radius 2 is 2.06 bits per heavy atom. The fraction of sp³-hybridized carbons (Fsp3) is 0.846. The van der Waals surface area contributed by atoms with Crippen LogP contribution in [0.25, 0.3) is 0 Å². The predicted molar refractivity (Wildman–Crippen MR) is 65.4 cm³/mol. The minimum absolute atomic E-state index is 0.172. The number of carbonyl (C=O) groups excluding carboxylic acids is 2. The first kappa shape index (κ1) is 14.0. The lowest BCUT2D eigenvalue weighted by Crippen LogP contribution is -2.72. The molecule has 1 atom stereocenters. The molecule has 1 aliphatic heterocycles. The van der Waals surface area contributed by atoms with E-state index in [0.717, 1.165) is 19.3 Å². The molecule has 1 unspecified atom stereocenters. The lowest BCUT2D eigenvalue weighted by atomic mass is 9.71. The van der Waals surface area contributed by atoms with Crippen molar-refractivity contribution in [3.63, 3.8) is 0 Å². The van der Waals surface area contributed by atoms with Gasteiger partial charge in [0, 0.05) is 11.8 Å². The van der Waals surface area contributed by atoms with E-state index in [1.807, 2.05) is 20.8 Å². The van der Waals surface area contributed by atoms with E-state index >= 15 is 0 Å². The molecule has 0 radical (unpaired) electrons. The molecule has 1 rings (SSSR count). The topological polar surface area (TPSA) is 55.4 Å². The predicted octanol–water partition coefficient (Wildman–Crippen LogP) is 2.02. The summed E-state index contributed by atoms with van der Waals surface area (Å²) in [6, 6.07) is 0. The first-order valence-corrected chi connectivity index (χ1v) is 6.33. The van der Waals surface area contributed by atoms with Crippen molar-refractivity contribution >= 4 is 11.9 Å². The van der Waals surface area contributed by atoms with Gasteiger partial charge in [0.1, 0.15) is 0 Å². The summed E-state index contributed by atoms with van der Waals surface area (Å²) < 4.78 is 5.45. The van der Waals surface area contributed by atoms with Gasteiger partial charge in [-0.05, 0) is 6.42 Å². The summed E-state index contributed by atoms with van der Waals surface area (Å²) in [5.74, 6) is -0.433. The van der Waals surface area contributed by atoms with E-state index in [1.54, 1.807) is 0 Å². The lowest BCUT2D eigenvalue weighted by molar-refractivity contribution is -0.193. The van der Waals surface area contributed by atoms with E-state index in [2.05, 4.69) is 12.2 Å². The highest BCUT2D eigenvalue weighted by Crippen LogP contribution is 2.38. The second-order valence-corrected chi connectivity index (χ2v) is 5.69. The van der Waals surface area contributed by atoms with Crippen LogP contribution >= 0.6 is 0 Å². The van der Waals surface area contributed by atoms with Gasteiger partial charge in [0.15, 0.2) is 0 Å². The van der Waals surface area contributed by atoms with Gasteiger partial charge in [0.25, 0.3) is 5.91 Å². The Morgan fingerprint density at radius 1 is 1.41 bits per heavy atom. The van der Waals surface area contributed by atoms with E-state index in [1.165, 1.54) is 0 Å². The van der Waals surface area contributed by atoms with Crippen LogP contribution < -0.4 is 5.32 Å². The van der Waals surface area contributed by atoms with Gasteiger partial charge in [-0.25, -0.2) is 0 Å². The molecule has 1 N–H and O–H groups in total. The monoisotopic (exact) mass is 241 g/mol. The molecule has 1 amide bonds. The number of unbranched alkanes of at least 4 members (excludes halogenated alkanes) is 2. The Morgan fingerprint density at radius 3 is 2.41 bits per heavy atom. The Kier molecular flexibility index (Phi) is 4.17. The summed E-state index contributed by atoms with van der Waals surface area (Å²) in [6.45, 7) is 8.28. The Labute approximate surface area is 103 Å². The molecule has 17 heavy (non-hydrogen) atoms. The van der Waals surface area contributed by atoms with Gasteiger partial charge in [-0.1, -0.05) is 40.5 Å². The highest BCUT2D eigenvalue weighted by atomic mass is 16.6. The molecule has 1 heterocycles. The second-order valence-electron chi connectivity index (χ2n) is 5.69. The van der Waals surface area contributed by atoms with E-state index in [-0.39, 0.29) is 17.3 Å². The third kappa shape index (κ3) is 2.79. The summed E-state index contributed by atoms with van der Waals surface area (Å²) >= 11 is 0. The molecule has 1 fully saturated rings. The standard InChI is InChI=1S/C13H23NO3/c1-5-6-7-8-10(15)17-13(12(2,3)4)9-14-11(13)16/h5-9H2,1-4H3,(H,14,16). The maximum absolute atomic E-state index is 11.7. The van der Waals surface area contributed by atoms with Crippen molar-refractivity contribution in [1.29, 1.82) is 0 Å². The first-order valence-electron chi connectivity index (χ1n) is 6.33. The van der Waals surface area contributed by atoms with Crippen LogP contribution in [0.5, 0.6) is 0 Å². The van der Waals surface area contributed by atoms with Crippen molar-refractivity contribution in [3.8, 4) is 0 Å². The molecule has 0 saturated carbocycles. The van der Waals surface area contributed by atoms with Crippen molar-refractivity contribution in [1.82, 2.24) is 5.32 Å². The first-order chi connectivity index (χ1) is 7.83. The Hall–Kier alpha value is -1.06. The highest BCUT2D eigenvalue weighted by Gasteiger charge is 2.58. The molecular weight excluding hydrogens is 218 g/mol. The van der Waals surface area contributed by atoms with Gasteiger partial charge in [-0.15, -0.1) is 0 Å².